The van der Waals surface area contributed by atoms with Gasteiger partial charge >= 0.3 is 0 Å². The minimum Gasteiger partial charge on any atom is -0.330 e. The zero-order chi connectivity index (χ0) is 15.3. The first-order valence-corrected chi connectivity index (χ1v) is 7.80. The van der Waals surface area contributed by atoms with Crippen LogP contribution >= 0.6 is 11.6 Å². The van der Waals surface area contributed by atoms with Crippen LogP contribution in [0.2, 0.25) is 5.02 Å². The molecule has 20 heavy (non-hydrogen) atoms. The molecule has 9 heteroatoms. The van der Waals surface area contributed by atoms with Gasteiger partial charge in [0.05, 0.1) is 4.92 Å². The Morgan fingerprint density at radius 1 is 1.40 bits per heavy atom. The van der Waals surface area contributed by atoms with Crippen LogP contribution in [0.15, 0.2) is 17.0 Å². The van der Waals surface area contributed by atoms with E-state index in [0.717, 1.165) is 0 Å². The van der Waals surface area contributed by atoms with Crippen LogP contribution in [0.1, 0.15) is 18.4 Å². The van der Waals surface area contributed by atoms with Gasteiger partial charge < -0.3 is 5.73 Å². The number of unbranched alkanes of at least 4 members (excludes halogenated alkanes) is 1. The minimum absolute atomic E-state index is 0.206. The van der Waals surface area contributed by atoms with Crippen LogP contribution in [-0.2, 0) is 10.0 Å². The molecule has 0 radical (unpaired) electrons. The Hall–Kier alpha value is -1.22. The molecule has 1 aromatic rings. The molecule has 0 fully saturated rings. The lowest BCUT2D eigenvalue weighted by atomic mass is 10.2. The quantitative estimate of drug-likeness (QED) is 0.449. The second-order valence-corrected chi connectivity index (χ2v) is 6.36. The molecule has 0 aromatic heterocycles. The molecule has 0 heterocycles. The Bertz CT molecular complexity index is 604. The van der Waals surface area contributed by atoms with E-state index in [0.29, 0.717) is 24.9 Å². The number of rotatable bonds is 7. The molecule has 0 aliphatic heterocycles. The van der Waals surface area contributed by atoms with Gasteiger partial charge in [0.1, 0.15) is 9.92 Å². The maximum atomic E-state index is 12.1. The molecule has 7 nitrogen and oxygen atoms in total. The van der Waals surface area contributed by atoms with Crippen molar-refractivity contribution in [1.29, 1.82) is 0 Å². The highest BCUT2D eigenvalue weighted by atomic mass is 35.5. The summed E-state index contributed by atoms with van der Waals surface area (Å²) in [6, 6.07) is 2.54. The third-order valence-corrected chi connectivity index (χ3v) is 4.57. The topological polar surface area (TPSA) is 115 Å². The molecule has 0 amide bonds. The summed E-state index contributed by atoms with van der Waals surface area (Å²) in [5.74, 6) is 0. The molecule has 0 spiro atoms. The van der Waals surface area contributed by atoms with Crippen molar-refractivity contribution in [2.24, 2.45) is 5.73 Å². The van der Waals surface area contributed by atoms with Crippen molar-refractivity contribution in [3.63, 3.8) is 0 Å². The van der Waals surface area contributed by atoms with Crippen molar-refractivity contribution in [2.45, 2.75) is 24.7 Å². The lowest BCUT2D eigenvalue weighted by molar-refractivity contribution is -0.385. The molecule has 0 saturated heterocycles. The van der Waals surface area contributed by atoms with E-state index in [1.165, 1.54) is 12.1 Å². The lowest BCUT2D eigenvalue weighted by Gasteiger charge is -2.09. The summed E-state index contributed by atoms with van der Waals surface area (Å²) in [5, 5.41) is 10.5. The van der Waals surface area contributed by atoms with E-state index < -0.39 is 20.6 Å². The molecule has 0 aliphatic carbocycles. The number of hydrogen-bond donors (Lipinski definition) is 2. The van der Waals surface area contributed by atoms with Gasteiger partial charge in [0, 0.05) is 12.6 Å². The highest BCUT2D eigenvalue weighted by molar-refractivity contribution is 7.89. The number of nitrogens with one attached hydrogen (secondary N) is 1. The van der Waals surface area contributed by atoms with Gasteiger partial charge in [-0.2, -0.15) is 0 Å². The molecular weight excluding hydrogens is 306 g/mol. The van der Waals surface area contributed by atoms with Crippen molar-refractivity contribution in [2.75, 3.05) is 13.1 Å². The van der Waals surface area contributed by atoms with E-state index in [4.69, 9.17) is 17.3 Å². The van der Waals surface area contributed by atoms with Crippen molar-refractivity contribution in [3.8, 4) is 0 Å². The molecule has 1 aromatic carbocycles. The summed E-state index contributed by atoms with van der Waals surface area (Å²) in [6.07, 6.45) is 1.27. The summed E-state index contributed by atoms with van der Waals surface area (Å²) in [5.41, 5.74) is 5.34. The number of nitro groups is 1. The Morgan fingerprint density at radius 2 is 2.05 bits per heavy atom. The van der Waals surface area contributed by atoms with Gasteiger partial charge in [0.25, 0.3) is 5.69 Å². The van der Waals surface area contributed by atoms with Gasteiger partial charge in [-0.3, -0.25) is 10.1 Å². The first-order chi connectivity index (χ1) is 9.29. The molecule has 0 saturated carbocycles. The minimum atomic E-state index is -3.88. The number of sulfonamides is 1. The fourth-order valence-electron chi connectivity index (χ4n) is 1.60. The number of nitrogens with two attached hydrogens (primary N) is 1. The van der Waals surface area contributed by atoms with Crippen molar-refractivity contribution in [3.05, 3.63) is 32.8 Å². The smallest absolute Gasteiger partial charge is 0.289 e. The van der Waals surface area contributed by atoms with Gasteiger partial charge in [0.2, 0.25) is 10.0 Å². The van der Waals surface area contributed by atoms with E-state index in [1.807, 2.05) is 0 Å². The Balaban J connectivity index is 3.09. The normalized spacial score (nSPS) is 11.6. The monoisotopic (exact) mass is 321 g/mol. The van der Waals surface area contributed by atoms with Crippen molar-refractivity contribution in [1.82, 2.24) is 4.72 Å². The number of nitrogens with zero attached hydrogens (tertiary/aromatic N) is 1. The SMILES string of the molecule is Cc1cc([N+](=O)[O-])c(Cl)c(S(=O)(=O)NCCCCN)c1. The van der Waals surface area contributed by atoms with Gasteiger partial charge in [-0.1, -0.05) is 11.6 Å². The third kappa shape index (κ3) is 4.14. The van der Waals surface area contributed by atoms with Crippen LogP contribution in [0.5, 0.6) is 0 Å². The number of aryl methyl sites for hydroxylation is 1. The van der Waals surface area contributed by atoms with E-state index >= 15 is 0 Å². The summed E-state index contributed by atoms with van der Waals surface area (Å²) in [6.45, 7) is 2.24. The number of halogens is 1. The third-order valence-electron chi connectivity index (χ3n) is 2.57. The lowest BCUT2D eigenvalue weighted by Crippen LogP contribution is -2.25. The van der Waals surface area contributed by atoms with Gasteiger partial charge in [-0.25, -0.2) is 13.1 Å². The Labute approximate surface area is 122 Å². The number of nitro benzene ring substituents is 1. The van der Waals surface area contributed by atoms with Gasteiger partial charge in [-0.05, 0) is 37.9 Å². The molecule has 0 unspecified atom stereocenters. The van der Waals surface area contributed by atoms with E-state index in [1.54, 1.807) is 6.92 Å². The second-order valence-electron chi connectivity index (χ2n) is 4.25. The first-order valence-electron chi connectivity index (χ1n) is 5.94. The fourth-order valence-corrected chi connectivity index (χ4v) is 3.33. The van der Waals surface area contributed by atoms with Crippen LogP contribution < -0.4 is 10.5 Å². The largest absolute Gasteiger partial charge is 0.330 e. The number of benzene rings is 1. The average Bonchev–Trinajstić information content (AvgIpc) is 2.36. The second kappa shape index (κ2) is 6.98. The zero-order valence-corrected chi connectivity index (χ0v) is 12.5. The molecule has 3 N–H and O–H groups in total. The Morgan fingerprint density at radius 3 is 2.60 bits per heavy atom. The van der Waals surface area contributed by atoms with E-state index in [-0.39, 0.29) is 16.5 Å². The zero-order valence-electron chi connectivity index (χ0n) is 10.9. The molecular formula is C11H16ClN3O4S. The van der Waals surface area contributed by atoms with Gasteiger partial charge in [0.15, 0.2) is 0 Å². The molecule has 0 aliphatic rings. The van der Waals surface area contributed by atoms with Crippen LogP contribution in [0.3, 0.4) is 0 Å². The summed E-state index contributed by atoms with van der Waals surface area (Å²) < 4.78 is 26.5. The summed E-state index contributed by atoms with van der Waals surface area (Å²) in [7, 11) is -3.88. The van der Waals surface area contributed by atoms with E-state index in [9.17, 15) is 18.5 Å². The predicted octanol–water partition coefficient (Wildman–Crippen LogP) is 1.57. The van der Waals surface area contributed by atoms with Gasteiger partial charge in [-0.15, -0.1) is 0 Å². The fraction of sp³-hybridized carbons (Fsp3) is 0.455. The maximum Gasteiger partial charge on any atom is 0.289 e. The van der Waals surface area contributed by atoms with Crippen LogP contribution in [0.25, 0.3) is 0 Å². The van der Waals surface area contributed by atoms with E-state index in [2.05, 4.69) is 4.72 Å². The van der Waals surface area contributed by atoms with Crippen molar-refractivity contribution >= 4 is 27.3 Å². The summed E-state index contributed by atoms with van der Waals surface area (Å²) >= 11 is 5.82. The highest BCUT2D eigenvalue weighted by Gasteiger charge is 2.25. The van der Waals surface area contributed by atoms with Crippen molar-refractivity contribution < 1.29 is 13.3 Å². The standard InChI is InChI=1S/C11H16ClN3O4S/c1-8-6-9(15(16)17)11(12)10(7-8)20(18,19)14-5-3-2-4-13/h6-7,14H,2-5,13H2,1H3. The molecule has 112 valence electrons. The Kier molecular flexibility index (Phi) is 5.88. The van der Waals surface area contributed by atoms with Crippen LogP contribution in [0.4, 0.5) is 5.69 Å². The predicted molar refractivity (Wildman–Crippen MR) is 76.3 cm³/mol. The highest BCUT2D eigenvalue weighted by Crippen LogP contribution is 2.32. The maximum absolute atomic E-state index is 12.1. The first kappa shape index (κ1) is 16.8. The molecule has 0 bridgehead atoms. The van der Waals surface area contributed by atoms with Crippen LogP contribution in [0, 0.1) is 17.0 Å². The van der Waals surface area contributed by atoms with Crippen LogP contribution in [-0.4, -0.2) is 26.4 Å². The molecule has 1 rings (SSSR count). The number of hydrogen-bond acceptors (Lipinski definition) is 5. The summed E-state index contributed by atoms with van der Waals surface area (Å²) in [4.78, 5) is 9.86. The average molecular weight is 322 g/mol. The molecule has 0 atom stereocenters.